The van der Waals surface area contributed by atoms with E-state index in [-0.39, 0.29) is 16.3 Å². The predicted octanol–water partition coefficient (Wildman–Crippen LogP) is 8.33. The SMILES string of the molecule is CC(C)(C)c1ccc([S+]2c3ccccc3Oc3ccccc32)cc1.F[As-](F)(F)(F)(F)F. The molecular weight excluding hydrogens is 501 g/mol. The number of ether oxygens (including phenoxy) is 1. The average Bonchev–Trinajstić information content (AvgIpc) is 2.63. The Morgan fingerprint density at radius 3 is 1.42 bits per heavy atom. The predicted molar refractivity (Wildman–Crippen MR) is 113 cm³/mol. The van der Waals surface area contributed by atoms with E-state index in [2.05, 4.69) is 81.4 Å². The quantitative estimate of drug-likeness (QED) is 0.139. The van der Waals surface area contributed by atoms with Crippen LogP contribution in [0.1, 0.15) is 26.3 Å². The molecule has 1 aliphatic rings. The Morgan fingerprint density at radius 2 is 1.03 bits per heavy atom. The summed E-state index contributed by atoms with van der Waals surface area (Å²) in [6.45, 7) is 6.76. The number of hydrogen-bond donors (Lipinski definition) is 0. The second-order valence-electron chi connectivity index (χ2n) is 8.03. The Balaban J connectivity index is 0.000000339. The molecule has 0 saturated carbocycles. The van der Waals surface area contributed by atoms with Gasteiger partial charge in [-0.15, -0.1) is 0 Å². The first-order valence-corrected chi connectivity index (χ1v) is 14.7. The molecule has 3 aromatic carbocycles. The van der Waals surface area contributed by atoms with Crippen LogP contribution in [-0.4, -0.2) is 14.2 Å². The zero-order chi connectivity index (χ0) is 23.1. The maximum atomic E-state index is 9.91. The first kappa shape index (κ1) is 23.6. The average molecular weight is 522 g/mol. The van der Waals surface area contributed by atoms with Crippen LogP contribution < -0.4 is 4.74 Å². The summed E-state index contributed by atoms with van der Waals surface area (Å²) >= 11 is -11.1. The summed E-state index contributed by atoms with van der Waals surface area (Å²) in [5, 5.41) is 0. The summed E-state index contributed by atoms with van der Waals surface area (Å²) in [5.41, 5.74) is 1.54. The van der Waals surface area contributed by atoms with Gasteiger partial charge in [0.15, 0.2) is 16.4 Å². The van der Waals surface area contributed by atoms with E-state index in [4.69, 9.17) is 4.74 Å². The van der Waals surface area contributed by atoms with Crippen molar-refractivity contribution < 1.29 is 25.5 Å². The number of fused-ring (bicyclic) bond motifs is 2. The number of hydrogen-bond acceptors (Lipinski definition) is 1. The number of para-hydroxylation sites is 2. The molecular formula is C22H21AsF6OS. The van der Waals surface area contributed by atoms with Crippen molar-refractivity contribution in [2.45, 2.75) is 40.9 Å². The van der Waals surface area contributed by atoms with Crippen molar-refractivity contribution in [3.8, 4) is 11.5 Å². The number of benzene rings is 3. The summed E-state index contributed by atoms with van der Waals surface area (Å²) in [4.78, 5) is 3.87. The molecule has 1 heterocycles. The molecule has 0 unspecified atom stereocenters. The topological polar surface area (TPSA) is 9.23 Å². The van der Waals surface area contributed by atoms with Crippen LogP contribution in [0.25, 0.3) is 0 Å². The van der Waals surface area contributed by atoms with Gasteiger partial charge in [-0.3, -0.25) is 0 Å². The van der Waals surface area contributed by atoms with E-state index in [0.29, 0.717) is 0 Å². The molecule has 0 fully saturated rings. The van der Waals surface area contributed by atoms with Crippen LogP contribution in [0, 0.1) is 0 Å². The molecule has 31 heavy (non-hydrogen) atoms. The minimum atomic E-state index is -11.1. The van der Waals surface area contributed by atoms with Gasteiger partial charge in [-0.1, -0.05) is 57.2 Å². The van der Waals surface area contributed by atoms with Gasteiger partial charge in [0.05, 0.1) is 0 Å². The molecule has 0 spiro atoms. The molecule has 168 valence electrons. The molecule has 4 rings (SSSR count). The Hall–Kier alpha value is -2.05. The van der Waals surface area contributed by atoms with Crippen LogP contribution in [0.2, 0.25) is 0 Å². The fourth-order valence-electron chi connectivity index (χ4n) is 2.99. The number of halogens is 6. The molecule has 1 aliphatic heterocycles. The van der Waals surface area contributed by atoms with E-state index in [1.807, 2.05) is 12.1 Å². The van der Waals surface area contributed by atoms with Crippen molar-refractivity contribution >= 4 is 25.1 Å². The summed E-state index contributed by atoms with van der Waals surface area (Å²) in [7, 11) is -0.118. The molecule has 0 radical (unpaired) electrons. The molecule has 0 aromatic heterocycles. The standard InChI is InChI=1S/C22H21OS.AsF6/c1-22(2,3)16-12-14-17(15-13-16)24-20-10-6-4-8-18(20)23-19-9-5-7-11-21(19)24;2-1(3,4,5,6)7/h4-15H,1-3H3;/q+1;-1. The van der Waals surface area contributed by atoms with Crippen LogP contribution in [0.15, 0.2) is 87.5 Å². The molecule has 0 saturated heterocycles. The minimum absolute atomic E-state index is 0.118. The van der Waals surface area contributed by atoms with Crippen molar-refractivity contribution in [3.05, 3.63) is 78.4 Å². The van der Waals surface area contributed by atoms with Gasteiger partial charge < -0.3 is 4.74 Å². The van der Waals surface area contributed by atoms with Gasteiger partial charge >= 0.3 is 35.0 Å². The van der Waals surface area contributed by atoms with Crippen molar-refractivity contribution in [1.82, 2.24) is 0 Å². The summed E-state index contributed by atoms with van der Waals surface area (Å²) in [5.74, 6) is 1.94. The Kier molecular flexibility index (Phi) is 5.51. The Bertz CT molecular complexity index is 1030. The van der Waals surface area contributed by atoms with Gasteiger partial charge in [0.1, 0.15) is 10.9 Å². The van der Waals surface area contributed by atoms with E-state index >= 15 is 0 Å². The monoisotopic (exact) mass is 522 g/mol. The molecule has 0 amide bonds. The van der Waals surface area contributed by atoms with Crippen LogP contribution in [0.4, 0.5) is 20.8 Å². The third kappa shape index (κ3) is 6.97. The Labute approximate surface area is 181 Å². The fourth-order valence-corrected chi connectivity index (χ4v) is 5.19. The van der Waals surface area contributed by atoms with E-state index in [0.717, 1.165) is 11.5 Å². The summed E-state index contributed by atoms with van der Waals surface area (Å²) < 4.78 is 65.6. The van der Waals surface area contributed by atoms with Crippen LogP contribution in [0.5, 0.6) is 11.5 Å². The van der Waals surface area contributed by atoms with E-state index in [1.54, 1.807) is 0 Å². The van der Waals surface area contributed by atoms with E-state index in [9.17, 15) is 20.8 Å². The van der Waals surface area contributed by atoms with Crippen molar-refractivity contribution in [2.24, 2.45) is 0 Å². The molecule has 0 bridgehead atoms. The normalized spacial score (nSPS) is 15.9. The van der Waals surface area contributed by atoms with E-state index < -0.39 is 14.2 Å². The van der Waals surface area contributed by atoms with Crippen molar-refractivity contribution in [3.63, 3.8) is 0 Å². The fraction of sp³-hybridized carbons (Fsp3) is 0.182. The molecule has 0 atom stereocenters. The van der Waals surface area contributed by atoms with Crippen LogP contribution in [0.3, 0.4) is 0 Å². The second-order valence-corrected chi connectivity index (χ2v) is 14.0. The molecule has 1 nitrogen and oxygen atoms in total. The van der Waals surface area contributed by atoms with Gasteiger partial charge in [0.2, 0.25) is 9.79 Å². The first-order chi connectivity index (χ1) is 14.0. The maximum absolute atomic E-state index is 11.1. The summed E-state index contributed by atoms with van der Waals surface area (Å²) in [6, 6.07) is 25.9. The van der Waals surface area contributed by atoms with Crippen LogP contribution >= 0.6 is 0 Å². The third-order valence-electron chi connectivity index (χ3n) is 4.31. The third-order valence-corrected chi connectivity index (χ3v) is 6.61. The second kappa shape index (κ2) is 7.24. The van der Waals surface area contributed by atoms with Gasteiger partial charge in [-0.2, -0.15) is 0 Å². The van der Waals surface area contributed by atoms with E-state index in [1.165, 1.54) is 20.2 Å². The van der Waals surface area contributed by atoms with Gasteiger partial charge in [0.25, 0.3) is 0 Å². The molecule has 3 aromatic rings. The molecule has 9 heteroatoms. The summed E-state index contributed by atoms with van der Waals surface area (Å²) in [6.07, 6.45) is 0. The zero-order valence-electron chi connectivity index (χ0n) is 17.0. The van der Waals surface area contributed by atoms with Crippen molar-refractivity contribution in [2.75, 3.05) is 0 Å². The molecule has 0 aliphatic carbocycles. The van der Waals surface area contributed by atoms with Gasteiger partial charge in [0, 0.05) is 0 Å². The van der Waals surface area contributed by atoms with Crippen molar-refractivity contribution in [1.29, 1.82) is 0 Å². The zero-order valence-corrected chi connectivity index (χ0v) is 19.7. The number of rotatable bonds is 1. The first-order valence-electron chi connectivity index (χ1n) is 9.26. The Morgan fingerprint density at radius 1 is 0.645 bits per heavy atom. The molecule has 0 N–H and O–H groups in total. The van der Waals surface area contributed by atoms with Crippen LogP contribution in [-0.2, 0) is 16.3 Å². The van der Waals surface area contributed by atoms with Gasteiger partial charge in [-0.25, -0.2) is 0 Å². The van der Waals surface area contributed by atoms with Gasteiger partial charge in [-0.05, 0) is 47.4 Å².